The monoisotopic (exact) mass is 344 g/mol. The number of nitrogens with zero attached hydrogens (tertiary/aromatic N) is 1. The van der Waals surface area contributed by atoms with Crippen LogP contribution in [-0.2, 0) is 16.0 Å². The molecule has 0 bridgehead atoms. The first kappa shape index (κ1) is 19.9. The molecule has 0 spiro atoms. The minimum absolute atomic E-state index is 0. The molecule has 1 aromatic carbocycles. The van der Waals surface area contributed by atoms with Gasteiger partial charge in [-0.15, -0.1) is 12.4 Å². The average Bonchev–Trinajstić information content (AvgIpc) is 2.52. The zero-order chi connectivity index (χ0) is 15.8. The highest BCUT2D eigenvalue weighted by Gasteiger charge is 2.22. The third kappa shape index (κ3) is 6.85. The maximum absolute atomic E-state index is 13.2. The second kappa shape index (κ2) is 10.6. The molecule has 0 unspecified atom stereocenters. The van der Waals surface area contributed by atoms with Crippen LogP contribution < -0.4 is 5.32 Å². The van der Waals surface area contributed by atoms with Crippen LogP contribution in [0.15, 0.2) is 24.3 Å². The summed E-state index contributed by atoms with van der Waals surface area (Å²) in [4.78, 5) is 14.0. The van der Waals surface area contributed by atoms with Crippen molar-refractivity contribution in [2.75, 3.05) is 39.9 Å². The van der Waals surface area contributed by atoms with Crippen LogP contribution in [-0.4, -0.2) is 50.7 Å². The summed E-state index contributed by atoms with van der Waals surface area (Å²) in [5.74, 6) is 0.514. The Morgan fingerprint density at radius 1 is 1.39 bits per heavy atom. The molecule has 0 aliphatic carbocycles. The van der Waals surface area contributed by atoms with Gasteiger partial charge in [0, 0.05) is 26.7 Å². The molecule has 1 heterocycles. The molecule has 1 N–H and O–H groups in total. The van der Waals surface area contributed by atoms with Crippen molar-refractivity contribution in [2.24, 2.45) is 5.92 Å². The van der Waals surface area contributed by atoms with E-state index in [1.807, 2.05) is 11.0 Å². The molecule has 4 nitrogen and oxygen atoms in total. The van der Waals surface area contributed by atoms with Gasteiger partial charge < -0.3 is 15.0 Å². The molecule has 1 fully saturated rings. The zero-order valence-electron chi connectivity index (χ0n) is 13.6. The van der Waals surface area contributed by atoms with E-state index < -0.39 is 0 Å². The molecule has 1 aliphatic heterocycles. The second-order valence-corrected chi connectivity index (χ2v) is 5.83. The molecule has 2 rings (SSSR count). The summed E-state index contributed by atoms with van der Waals surface area (Å²) < 4.78 is 18.1. The van der Waals surface area contributed by atoms with Crippen molar-refractivity contribution >= 4 is 18.3 Å². The molecular weight excluding hydrogens is 319 g/mol. The predicted octanol–water partition coefficient (Wildman–Crippen LogP) is 2.26. The lowest BCUT2D eigenvalue weighted by atomic mass is 9.90. The van der Waals surface area contributed by atoms with E-state index in [0.29, 0.717) is 25.6 Å². The van der Waals surface area contributed by atoms with Gasteiger partial charge in [0.15, 0.2) is 0 Å². The molecular formula is C17H26ClFN2O2. The molecule has 1 aliphatic rings. The van der Waals surface area contributed by atoms with Crippen molar-refractivity contribution in [2.45, 2.75) is 19.3 Å². The van der Waals surface area contributed by atoms with Gasteiger partial charge in [-0.1, -0.05) is 12.1 Å². The molecule has 1 aromatic rings. The Balaban J connectivity index is 0.00000264. The van der Waals surface area contributed by atoms with Crippen LogP contribution >= 0.6 is 12.4 Å². The van der Waals surface area contributed by atoms with Crippen LogP contribution in [0.1, 0.15) is 18.4 Å². The average molecular weight is 345 g/mol. The van der Waals surface area contributed by atoms with E-state index in [4.69, 9.17) is 4.74 Å². The van der Waals surface area contributed by atoms with Crippen LogP contribution in [0.3, 0.4) is 0 Å². The van der Waals surface area contributed by atoms with E-state index in [9.17, 15) is 9.18 Å². The fraction of sp³-hybridized carbons (Fsp3) is 0.588. The zero-order valence-corrected chi connectivity index (χ0v) is 14.4. The first-order valence-electron chi connectivity index (χ1n) is 7.91. The van der Waals surface area contributed by atoms with Crippen LogP contribution in [0.2, 0.25) is 0 Å². The SMILES string of the molecule is COCCNCC(=O)N1CCC(Cc2cccc(F)c2)CC1.Cl. The van der Waals surface area contributed by atoms with Gasteiger partial charge in [0.1, 0.15) is 5.82 Å². The van der Waals surface area contributed by atoms with Crippen molar-refractivity contribution in [3.63, 3.8) is 0 Å². The van der Waals surface area contributed by atoms with Gasteiger partial charge >= 0.3 is 0 Å². The summed E-state index contributed by atoms with van der Waals surface area (Å²) in [5.41, 5.74) is 1.05. The van der Waals surface area contributed by atoms with E-state index in [2.05, 4.69) is 5.32 Å². The molecule has 1 amide bonds. The molecule has 0 atom stereocenters. The standard InChI is InChI=1S/C17H25FN2O2.ClH/c1-22-10-7-19-13-17(21)20-8-5-14(6-9-20)11-15-3-2-4-16(18)12-15;/h2-4,12,14,19H,5-11,13H2,1H3;1H. The number of methoxy groups -OCH3 is 1. The highest BCUT2D eigenvalue weighted by Crippen LogP contribution is 2.22. The second-order valence-electron chi connectivity index (χ2n) is 5.83. The first-order chi connectivity index (χ1) is 10.7. The quantitative estimate of drug-likeness (QED) is 0.771. The smallest absolute Gasteiger partial charge is 0.236 e. The Hall–Kier alpha value is -1.17. The summed E-state index contributed by atoms with van der Waals surface area (Å²) in [6.07, 6.45) is 2.87. The van der Waals surface area contributed by atoms with Crippen molar-refractivity contribution in [1.82, 2.24) is 10.2 Å². The van der Waals surface area contributed by atoms with Gasteiger partial charge in [0.05, 0.1) is 13.2 Å². The Morgan fingerprint density at radius 2 is 2.13 bits per heavy atom. The summed E-state index contributed by atoms with van der Waals surface area (Å²) in [6.45, 7) is 3.27. The van der Waals surface area contributed by atoms with Crippen LogP contribution in [0.25, 0.3) is 0 Å². The van der Waals surface area contributed by atoms with Gasteiger partial charge in [0.2, 0.25) is 5.91 Å². The van der Waals surface area contributed by atoms with Gasteiger partial charge in [-0.25, -0.2) is 4.39 Å². The molecule has 130 valence electrons. The fourth-order valence-corrected chi connectivity index (χ4v) is 2.87. The Labute approximate surface area is 143 Å². The molecule has 1 saturated heterocycles. The lowest BCUT2D eigenvalue weighted by Gasteiger charge is -2.32. The number of halogens is 2. The first-order valence-corrected chi connectivity index (χ1v) is 7.91. The molecule has 6 heteroatoms. The van der Waals surface area contributed by atoms with Gasteiger partial charge in [-0.05, 0) is 42.9 Å². The minimum Gasteiger partial charge on any atom is -0.383 e. The third-order valence-electron chi connectivity index (χ3n) is 4.14. The number of nitrogens with one attached hydrogen (secondary N) is 1. The molecule has 23 heavy (non-hydrogen) atoms. The van der Waals surface area contributed by atoms with Crippen molar-refractivity contribution in [1.29, 1.82) is 0 Å². The molecule has 0 saturated carbocycles. The highest BCUT2D eigenvalue weighted by atomic mass is 35.5. The predicted molar refractivity (Wildman–Crippen MR) is 91.4 cm³/mol. The lowest BCUT2D eigenvalue weighted by Crippen LogP contribution is -2.43. The lowest BCUT2D eigenvalue weighted by molar-refractivity contribution is -0.131. The topological polar surface area (TPSA) is 41.6 Å². The van der Waals surface area contributed by atoms with E-state index in [0.717, 1.165) is 37.9 Å². The minimum atomic E-state index is -0.174. The number of carbonyl (C=O) groups excluding carboxylic acids is 1. The number of amides is 1. The number of piperidine rings is 1. The maximum Gasteiger partial charge on any atom is 0.236 e. The Kier molecular flexibility index (Phi) is 9.14. The van der Waals surface area contributed by atoms with Crippen LogP contribution in [0.5, 0.6) is 0 Å². The number of ether oxygens (including phenoxy) is 1. The highest BCUT2D eigenvalue weighted by molar-refractivity contribution is 5.85. The van der Waals surface area contributed by atoms with Crippen molar-refractivity contribution in [3.8, 4) is 0 Å². The Morgan fingerprint density at radius 3 is 2.78 bits per heavy atom. The summed E-state index contributed by atoms with van der Waals surface area (Å²) >= 11 is 0. The van der Waals surface area contributed by atoms with Crippen LogP contribution in [0, 0.1) is 11.7 Å². The molecule has 0 aromatic heterocycles. The fourth-order valence-electron chi connectivity index (χ4n) is 2.87. The van der Waals surface area contributed by atoms with E-state index in [1.54, 1.807) is 19.2 Å². The third-order valence-corrected chi connectivity index (χ3v) is 4.14. The van der Waals surface area contributed by atoms with Crippen molar-refractivity contribution < 1.29 is 13.9 Å². The van der Waals surface area contributed by atoms with Crippen LogP contribution in [0.4, 0.5) is 4.39 Å². The van der Waals surface area contributed by atoms with Gasteiger partial charge in [-0.3, -0.25) is 4.79 Å². The van der Waals surface area contributed by atoms with Crippen molar-refractivity contribution in [3.05, 3.63) is 35.6 Å². The van der Waals surface area contributed by atoms with E-state index in [-0.39, 0.29) is 24.1 Å². The Bertz CT molecular complexity index is 479. The number of likely N-dealkylation sites (tertiary alicyclic amines) is 1. The normalized spacial score (nSPS) is 15.3. The van der Waals surface area contributed by atoms with E-state index in [1.165, 1.54) is 6.07 Å². The van der Waals surface area contributed by atoms with Gasteiger partial charge in [0.25, 0.3) is 0 Å². The summed E-state index contributed by atoms with van der Waals surface area (Å²) in [6, 6.07) is 6.81. The number of hydrogen-bond acceptors (Lipinski definition) is 3. The largest absolute Gasteiger partial charge is 0.383 e. The number of hydrogen-bond donors (Lipinski definition) is 1. The maximum atomic E-state index is 13.2. The number of rotatable bonds is 7. The number of benzene rings is 1. The molecule has 0 radical (unpaired) electrons. The van der Waals surface area contributed by atoms with Gasteiger partial charge in [-0.2, -0.15) is 0 Å². The van der Waals surface area contributed by atoms with E-state index >= 15 is 0 Å². The summed E-state index contributed by atoms with van der Waals surface area (Å²) in [5, 5.41) is 3.08. The number of carbonyl (C=O) groups is 1. The summed E-state index contributed by atoms with van der Waals surface area (Å²) in [7, 11) is 1.65.